The molecular weight excluding hydrogens is 166 g/mol. The highest BCUT2D eigenvalue weighted by Gasteiger charge is 2.13. The predicted octanol–water partition coefficient (Wildman–Crippen LogP) is -0.192. The molecule has 0 heterocycles. The minimum absolute atomic E-state index is 0.583. The highest BCUT2D eigenvalue weighted by Crippen LogP contribution is 2.13. The zero-order chi connectivity index (χ0) is 9.94. The molecule has 0 amide bonds. The van der Waals surface area contributed by atoms with Gasteiger partial charge in [0, 0.05) is 19.3 Å². The van der Waals surface area contributed by atoms with E-state index in [-0.39, 0.29) is 0 Å². The van der Waals surface area contributed by atoms with E-state index in [1.807, 2.05) is 0 Å². The maximum Gasteiger partial charge on any atom is 0.0478 e. The van der Waals surface area contributed by atoms with E-state index in [2.05, 4.69) is 0 Å². The van der Waals surface area contributed by atoms with Crippen molar-refractivity contribution in [3.05, 3.63) is 0 Å². The SMILES string of the molecule is NC1CC1.NCCCOCCCN. The summed E-state index contributed by atoms with van der Waals surface area (Å²) in [5.41, 5.74) is 15.7. The van der Waals surface area contributed by atoms with Gasteiger partial charge in [-0.1, -0.05) is 0 Å². The molecule has 4 nitrogen and oxygen atoms in total. The summed E-state index contributed by atoms with van der Waals surface area (Å²) >= 11 is 0. The summed E-state index contributed by atoms with van der Waals surface area (Å²) in [5.74, 6) is 0. The van der Waals surface area contributed by atoms with Gasteiger partial charge in [-0.05, 0) is 38.8 Å². The summed E-state index contributed by atoms with van der Waals surface area (Å²) in [5, 5.41) is 0. The van der Waals surface area contributed by atoms with Crippen molar-refractivity contribution in [3.8, 4) is 0 Å². The third-order valence-corrected chi connectivity index (χ3v) is 1.61. The standard InChI is InChI=1S/C6H16N2O.C3H7N/c7-3-1-5-9-6-2-4-8;4-3-1-2-3/h1-8H2;3H,1-2,4H2. The lowest BCUT2D eigenvalue weighted by molar-refractivity contribution is 0.132. The summed E-state index contributed by atoms with van der Waals surface area (Å²) in [6.45, 7) is 2.97. The van der Waals surface area contributed by atoms with Crippen LogP contribution in [0.1, 0.15) is 25.7 Å². The van der Waals surface area contributed by atoms with Crippen molar-refractivity contribution in [2.24, 2.45) is 17.2 Å². The Morgan fingerprint density at radius 2 is 1.38 bits per heavy atom. The van der Waals surface area contributed by atoms with Crippen molar-refractivity contribution in [1.82, 2.24) is 0 Å². The molecule has 0 atom stereocenters. The summed E-state index contributed by atoms with van der Waals surface area (Å²) in [6.07, 6.45) is 4.43. The fourth-order valence-corrected chi connectivity index (χ4v) is 0.569. The van der Waals surface area contributed by atoms with Crippen LogP contribution in [-0.2, 0) is 4.74 Å². The van der Waals surface area contributed by atoms with Crippen molar-refractivity contribution in [1.29, 1.82) is 0 Å². The second kappa shape index (κ2) is 9.92. The minimum atomic E-state index is 0.583. The van der Waals surface area contributed by atoms with Crippen molar-refractivity contribution in [2.45, 2.75) is 31.7 Å². The molecule has 1 rings (SSSR count). The van der Waals surface area contributed by atoms with Gasteiger partial charge in [0.25, 0.3) is 0 Å². The van der Waals surface area contributed by atoms with Gasteiger partial charge in [-0.15, -0.1) is 0 Å². The van der Waals surface area contributed by atoms with Crippen LogP contribution in [0.3, 0.4) is 0 Å². The zero-order valence-electron chi connectivity index (χ0n) is 8.37. The Morgan fingerprint density at radius 1 is 1.00 bits per heavy atom. The van der Waals surface area contributed by atoms with Crippen LogP contribution < -0.4 is 17.2 Å². The fourth-order valence-electron chi connectivity index (χ4n) is 0.569. The molecule has 0 aromatic carbocycles. The summed E-state index contributed by atoms with van der Waals surface area (Å²) < 4.78 is 5.15. The Bertz CT molecular complexity index is 90.9. The van der Waals surface area contributed by atoms with Gasteiger partial charge in [-0.2, -0.15) is 0 Å². The van der Waals surface area contributed by atoms with Gasteiger partial charge < -0.3 is 21.9 Å². The topological polar surface area (TPSA) is 87.3 Å². The van der Waals surface area contributed by atoms with E-state index >= 15 is 0 Å². The van der Waals surface area contributed by atoms with Gasteiger partial charge in [0.05, 0.1) is 0 Å². The molecule has 0 aromatic rings. The van der Waals surface area contributed by atoms with Crippen LogP contribution >= 0.6 is 0 Å². The largest absolute Gasteiger partial charge is 0.381 e. The van der Waals surface area contributed by atoms with Gasteiger partial charge in [-0.3, -0.25) is 0 Å². The summed E-state index contributed by atoms with van der Waals surface area (Å²) in [7, 11) is 0. The van der Waals surface area contributed by atoms with Gasteiger partial charge >= 0.3 is 0 Å². The lowest BCUT2D eigenvalue weighted by atomic mass is 10.4. The van der Waals surface area contributed by atoms with Crippen LogP contribution in [0.15, 0.2) is 0 Å². The average molecular weight is 189 g/mol. The van der Waals surface area contributed by atoms with E-state index in [9.17, 15) is 0 Å². The molecule has 0 bridgehead atoms. The first-order valence-electron chi connectivity index (χ1n) is 5.04. The molecule has 13 heavy (non-hydrogen) atoms. The van der Waals surface area contributed by atoms with E-state index in [4.69, 9.17) is 21.9 Å². The van der Waals surface area contributed by atoms with Gasteiger partial charge in [-0.25, -0.2) is 0 Å². The molecule has 0 aromatic heterocycles. The first-order chi connectivity index (χ1) is 6.31. The molecule has 80 valence electrons. The van der Waals surface area contributed by atoms with Crippen LogP contribution in [0.2, 0.25) is 0 Å². The van der Waals surface area contributed by atoms with E-state index in [1.54, 1.807) is 0 Å². The molecule has 1 aliphatic carbocycles. The Hall–Kier alpha value is -0.160. The fraction of sp³-hybridized carbons (Fsp3) is 1.00. The summed E-state index contributed by atoms with van der Waals surface area (Å²) in [6, 6.07) is 0.583. The molecule has 0 saturated heterocycles. The monoisotopic (exact) mass is 189 g/mol. The van der Waals surface area contributed by atoms with Gasteiger partial charge in [0.1, 0.15) is 0 Å². The molecule has 0 spiro atoms. The molecule has 0 unspecified atom stereocenters. The second-order valence-corrected chi connectivity index (χ2v) is 3.23. The van der Waals surface area contributed by atoms with Crippen LogP contribution in [0.5, 0.6) is 0 Å². The predicted molar refractivity (Wildman–Crippen MR) is 55.4 cm³/mol. The highest BCUT2D eigenvalue weighted by atomic mass is 16.5. The molecule has 0 aliphatic heterocycles. The quantitative estimate of drug-likeness (QED) is 0.505. The highest BCUT2D eigenvalue weighted by molar-refractivity contribution is 4.75. The molecule has 4 heteroatoms. The number of hydrogen-bond donors (Lipinski definition) is 3. The number of hydrogen-bond acceptors (Lipinski definition) is 4. The smallest absolute Gasteiger partial charge is 0.0478 e. The number of nitrogens with two attached hydrogens (primary N) is 3. The summed E-state index contributed by atoms with van der Waals surface area (Å²) in [4.78, 5) is 0. The maximum absolute atomic E-state index is 5.24. The molecule has 0 radical (unpaired) electrons. The first-order valence-corrected chi connectivity index (χ1v) is 5.04. The van der Waals surface area contributed by atoms with Crippen molar-refractivity contribution < 1.29 is 4.74 Å². The number of ether oxygens (including phenoxy) is 1. The number of rotatable bonds is 6. The third-order valence-electron chi connectivity index (χ3n) is 1.61. The maximum atomic E-state index is 5.24. The van der Waals surface area contributed by atoms with E-state index in [0.717, 1.165) is 26.1 Å². The van der Waals surface area contributed by atoms with Crippen LogP contribution in [0, 0.1) is 0 Å². The van der Waals surface area contributed by atoms with Crippen molar-refractivity contribution in [2.75, 3.05) is 26.3 Å². The first kappa shape index (κ1) is 12.8. The molecule has 6 N–H and O–H groups in total. The lowest BCUT2D eigenvalue weighted by Gasteiger charge is -1.99. The van der Waals surface area contributed by atoms with E-state index in [0.29, 0.717) is 19.1 Å². The van der Waals surface area contributed by atoms with Crippen LogP contribution in [0.25, 0.3) is 0 Å². The Balaban J connectivity index is 0.000000293. The second-order valence-electron chi connectivity index (χ2n) is 3.23. The van der Waals surface area contributed by atoms with Crippen molar-refractivity contribution >= 4 is 0 Å². The van der Waals surface area contributed by atoms with Crippen LogP contribution in [0.4, 0.5) is 0 Å². The molecular formula is C9H23N3O. The normalized spacial score (nSPS) is 15.0. The van der Waals surface area contributed by atoms with Gasteiger partial charge in [0.15, 0.2) is 0 Å². The third kappa shape index (κ3) is 14.7. The molecule has 1 aliphatic rings. The van der Waals surface area contributed by atoms with Crippen molar-refractivity contribution in [3.63, 3.8) is 0 Å². The lowest BCUT2D eigenvalue weighted by Crippen LogP contribution is -2.08. The van der Waals surface area contributed by atoms with Crippen LogP contribution in [-0.4, -0.2) is 32.3 Å². The van der Waals surface area contributed by atoms with Gasteiger partial charge in [0.2, 0.25) is 0 Å². The molecule has 1 saturated carbocycles. The minimum Gasteiger partial charge on any atom is -0.381 e. The van der Waals surface area contributed by atoms with E-state index in [1.165, 1.54) is 12.8 Å². The Morgan fingerprint density at radius 3 is 1.62 bits per heavy atom. The zero-order valence-corrected chi connectivity index (χ0v) is 8.37. The van der Waals surface area contributed by atoms with E-state index < -0.39 is 0 Å². The average Bonchev–Trinajstić information content (AvgIpc) is 2.89. The molecule has 1 fully saturated rings. The Labute approximate surface area is 80.8 Å². The Kier molecular flexibility index (Phi) is 9.80.